The highest BCUT2D eigenvalue weighted by Crippen LogP contribution is 2.55. The average Bonchev–Trinajstić information content (AvgIpc) is 3.86. The number of anilines is 3. The Hall–Kier alpha value is -7.36. The second-order valence-corrected chi connectivity index (χ2v) is 16.6. The van der Waals surface area contributed by atoms with Crippen molar-refractivity contribution in [3.8, 4) is 27.9 Å². The Kier molecular flexibility index (Phi) is 7.19. The molecular weight excluding hydrogens is 715 g/mol. The summed E-state index contributed by atoms with van der Waals surface area (Å²) in [6.45, 7) is 4.81. The van der Waals surface area contributed by atoms with Crippen LogP contribution < -0.4 is 4.90 Å². The second kappa shape index (κ2) is 12.6. The lowest BCUT2D eigenvalue weighted by molar-refractivity contribution is 0.661. The fourth-order valence-corrected chi connectivity index (χ4v) is 10.3. The van der Waals surface area contributed by atoms with Gasteiger partial charge in [-0.1, -0.05) is 147 Å². The summed E-state index contributed by atoms with van der Waals surface area (Å²) in [5, 5.41) is 7.60. The van der Waals surface area contributed by atoms with Gasteiger partial charge in [0.25, 0.3) is 0 Å². The zero-order valence-electron chi connectivity index (χ0n) is 33.3. The van der Waals surface area contributed by atoms with Gasteiger partial charge in [-0.05, 0) is 99.4 Å². The maximum atomic E-state index is 2.49. The molecular formula is C56H41N3. The van der Waals surface area contributed by atoms with Crippen LogP contribution in [0.15, 0.2) is 194 Å². The molecule has 11 aromatic rings. The van der Waals surface area contributed by atoms with E-state index in [9.17, 15) is 0 Å². The van der Waals surface area contributed by atoms with E-state index in [2.05, 4.69) is 229 Å². The molecule has 0 radical (unpaired) electrons. The molecule has 0 spiro atoms. The molecule has 3 nitrogen and oxygen atoms in total. The van der Waals surface area contributed by atoms with Crippen molar-refractivity contribution in [2.75, 3.05) is 4.90 Å². The molecule has 12 rings (SSSR count). The normalized spacial score (nSPS) is 13.1. The zero-order chi connectivity index (χ0) is 39.4. The SMILES string of the molecule is Cn1c2ccccc2c2cccc(N(c3ccccc3)c3cc4c(c5ccccc35)-c3ccc(-c5ccc(-n6c7ccccc7c7ccccc76)cc5)cc3C4(C)C)c21. The number of aryl methyl sites for hydroxylation is 1. The van der Waals surface area contributed by atoms with Crippen LogP contribution in [0.5, 0.6) is 0 Å². The van der Waals surface area contributed by atoms with Gasteiger partial charge in [0.05, 0.1) is 27.9 Å². The van der Waals surface area contributed by atoms with Gasteiger partial charge >= 0.3 is 0 Å². The van der Waals surface area contributed by atoms with Crippen molar-refractivity contribution in [2.24, 2.45) is 7.05 Å². The number of para-hydroxylation sites is 5. The van der Waals surface area contributed by atoms with Gasteiger partial charge in [-0.3, -0.25) is 0 Å². The van der Waals surface area contributed by atoms with Gasteiger partial charge in [-0.2, -0.15) is 0 Å². The topological polar surface area (TPSA) is 13.1 Å². The number of nitrogens with zero attached hydrogens (tertiary/aromatic N) is 3. The predicted octanol–water partition coefficient (Wildman–Crippen LogP) is 15.0. The lowest BCUT2D eigenvalue weighted by Crippen LogP contribution is -2.17. The van der Waals surface area contributed by atoms with Crippen molar-refractivity contribution < 1.29 is 0 Å². The molecule has 0 N–H and O–H groups in total. The summed E-state index contributed by atoms with van der Waals surface area (Å²) in [5.41, 5.74) is 17.1. The van der Waals surface area contributed by atoms with Gasteiger partial charge in [0, 0.05) is 56.3 Å². The molecule has 0 unspecified atom stereocenters. The average molecular weight is 756 g/mol. The Morgan fingerprint density at radius 2 is 0.983 bits per heavy atom. The monoisotopic (exact) mass is 755 g/mol. The largest absolute Gasteiger partial charge is 0.342 e. The van der Waals surface area contributed by atoms with Crippen LogP contribution in [0.3, 0.4) is 0 Å². The van der Waals surface area contributed by atoms with Crippen LogP contribution in [0.1, 0.15) is 25.0 Å². The van der Waals surface area contributed by atoms with Gasteiger partial charge in [-0.15, -0.1) is 0 Å². The van der Waals surface area contributed by atoms with E-state index in [1.54, 1.807) is 0 Å². The number of aromatic nitrogens is 2. The van der Waals surface area contributed by atoms with Gasteiger partial charge in [-0.25, -0.2) is 0 Å². The van der Waals surface area contributed by atoms with E-state index < -0.39 is 0 Å². The van der Waals surface area contributed by atoms with Crippen LogP contribution in [0.2, 0.25) is 0 Å². The van der Waals surface area contributed by atoms with Crippen molar-refractivity contribution in [3.63, 3.8) is 0 Å². The maximum absolute atomic E-state index is 2.49. The molecule has 0 saturated heterocycles. The summed E-state index contributed by atoms with van der Waals surface area (Å²) in [6, 6.07) is 71.6. The smallest absolute Gasteiger partial charge is 0.0733 e. The molecule has 0 atom stereocenters. The van der Waals surface area contributed by atoms with E-state index in [0.717, 1.165) is 11.4 Å². The Balaban J connectivity index is 1.01. The van der Waals surface area contributed by atoms with Crippen molar-refractivity contribution in [1.82, 2.24) is 9.13 Å². The summed E-state index contributed by atoms with van der Waals surface area (Å²) < 4.78 is 4.75. The van der Waals surface area contributed by atoms with Gasteiger partial charge in [0.2, 0.25) is 0 Å². The highest BCUT2D eigenvalue weighted by molar-refractivity contribution is 6.16. The third kappa shape index (κ3) is 4.82. The number of hydrogen-bond donors (Lipinski definition) is 0. The molecule has 0 saturated carbocycles. The minimum atomic E-state index is -0.240. The van der Waals surface area contributed by atoms with Gasteiger partial charge < -0.3 is 14.0 Å². The Morgan fingerprint density at radius 1 is 0.424 bits per heavy atom. The molecule has 0 aliphatic heterocycles. The van der Waals surface area contributed by atoms with Crippen LogP contribution in [-0.4, -0.2) is 9.13 Å². The summed E-state index contributed by atoms with van der Waals surface area (Å²) in [6.07, 6.45) is 0. The first-order valence-electron chi connectivity index (χ1n) is 20.6. The Labute approximate surface area is 343 Å². The van der Waals surface area contributed by atoms with Crippen LogP contribution in [0, 0.1) is 0 Å². The van der Waals surface area contributed by atoms with E-state index in [-0.39, 0.29) is 5.41 Å². The van der Waals surface area contributed by atoms with Crippen LogP contribution in [-0.2, 0) is 12.5 Å². The van der Waals surface area contributed by atoms with E-state index >= 15 is 0 Å². The fraction of sp³-hybridized carbons (Fsp3) is 0.0714. The maximum Gasteiger partial charge on any atom is 0.0733 e. The number of rotatable bonds is 5. The molecule has 9 aromatic carbocycles. The van der Waals surface area contributed by atoms with E-state index in [1.165, 1.54) is 99.1 Å². The highest BCUT2D eigenvalue weighted by Gasteiger charge is 2.38. The first kappa shape index (κ1) is 33.7. The van der Waals surface area contributed by atoms with Crippen LogP contribution in [0.25, 0.3) is 82.3 Å². The quantitative estimate of drug-likeness (QED) is 0.170. The molecule has 2 aromatic heterocycles. The third-order valence-corrected chi connectivity index (χ3v) is 13.1. The summed E-state index contributed by atoms with van der Waals surface area (Å²) >= 11 is 0. The van der Waals surface area contributed by atoms with Crippen molar-refractivity contribution in [2.45, 2.75) is 19.3 Å². The summed E-state index contributed by atoms with van der Waals surface area (Å²) in [5.74, 6) is 0. The van der Waals surface area contributed by atoms with E-state index in [0.29, 0.717) is 0 Å². The van der Waals surface area contributed by atoms with Crippen molar-refractivity contribution in [1.29, 1.82) is 0 Å². The molecule has 3 heteroatoms. The number of hydrogen-bond acceptors (Lipinski definition) is 1. The lowest BCUT2D eigenvalue weighted by Gasteiger charge is -2.30. The highest BCUT2D eigenvalue weighted by atomic mass is 15.2. The summed E-state index contributed by atoms with van der Waals surface area (Å²) in [4.78, 5) is 2.49. The van der Waals surface area contributed by atoms with Crippen LogP contribution >= 0.6 is 0 Å². The zero-order valence-corrected chi connectivity index (χ0v) is 33.3. The first-order chi connectivity index (χ1) is 29.0. The predicted molar refractivity (Wildman–Crippen MR) is 250 cm³/mol. The van der Waals surface area contributed by atoms with Crippen molar-refractivity contribution >= 4 is 71.4 Å². The van der Waals surface area contributed by atoms with Gasteiger partial charge in [0.1, 0.15) is 0 Å². The first-order valence-corrected chi connectivity index (χ1v) is 20.6. The van der Waals surface area contributed by atoms with Gasteiger partial charge in [0.15, 0.2) is 0 Å². The second-order valence-electron chi connectivity index (χ2n) is 16.6. The minimum absolute atomic E-state index is 0.240. The molecule has 0 fully saturated rings. The standard InChI is InChI=1S/C56H41N3/c1-56(2)47-34-37(36-28-31-39(32-29-36)58-50-25-13-10-18-40(50)41-19-11-14-26-51(41)58)30-33-46(47)54-44-22-8-7-20-42(44)53(35-48(54)56)59(38-16-5-4-6-17-38)52-27-15-23-45-43-21-9-12-24-49(43)57(3)55(45)52/h4-35H,1-3H3. The number of fused-ring (bicyclic) bond motifs is 11. The molecule has 1 aliphatic carbocycles. The molecule has 0 amide bonds. The lowest BCUT2D eigenvalue weighted by atomic mass is 9.81. The molecule has 2 heterocycles. The molecule has 0 bridgehead atoms. The molecule has 280 valence electrons. The summed E-state index contributed by atoms with van der Waals surface area (Å²) in [7, 11) is 2.20. The third-order valence-electron chi connectivity index (χ3n) is 13.1. The molecule has 1 aliphatic rings. The number of benzene rings is 9. The molecule has 59 heavy (non-hydrogen) atoms. The van der Waals surface area contributed by atoms with Crippen molar-refractivity contribution in [3.05, 3.63) is 205 Å². The Bertz CT molecular complexity index is 3420. The van der Waals surface area contributed by atoms with E-state index in [4.69, 9.17) is 0 Å². The Morgan fingerprint density at radius 3 is 1.68 bits per heavy atom. The fourth-order valence-electron chi connectivity index (χ4n) is 10.3. The van der Waals surface area contributed by atoms with E-state index in [1.807, 2.05) is 0 Å². The van der Waals surface area contributed by atoms with Crippen LogP contribution in [0.4, 0.5) is 17.1 Å². The minimum Gasteiger partial charge on any atom is -0.342 e.